The van der Waals surface area contributed by atoms with Crippen molar-refractivity contribution in [2.45, 2.75) is 19.4 Å². The van der Waals surface area contributed by atoms with Crippen LogP contribution in [0.2, 0.25) is 0 Å². The molecular weight excluding hydrogens is 224 g/mol. The molecule has 0 aliphatic carbocycles. The van der Waals surface area contributed by atoms with Gasteiger partial charge in [-0.15, -0.1) is 0 Å². The molecule has 0 spiro atoms. The number of hydrogen-bond donors (Lipinski definition) is 1. The first-order valence-electron chi connectivity index (χ1n) is 5.96. The maximum Gasteiger partial charge on any atom is 0.130 e. The number of aliphatic hydroxyl groups excluding tert-OH is 1. The van der Waals surface area contributed by atoms with Gasteiger partial charge < -0.3 is 5.11 Å². The molecule has 1 aliphatic heterocycles. The predicted octanol–water partition coefficient (Wildman–Crippen LogP) is 2.17. The van der Waals surface area contributed by atoms with E-state index in [0.29, 0.717) is 12.1 Å². The zero-order valence-corrected chi connectivity index (χ0v) is 9.70. The summed E-state index contributed by atoms with van der Waals surface area (Å²) in [7, 11) is 0. The van der Waals surface area contributed by atoms with Crippen molar-refractivity contribution in [2.24, 2.45) is 5.92 Å². The average Bonchev–Trinajstić information content (AvgIpc) is 2.33. The van der Waals surface area contributed by atoms with Gasteiger partial charge in [-0.1, -0.05) is 6.07 Å². The predicted molar refractivity (Wildman–Crippen MR) is 61.4 cm³/mol. The van der Waals surface area contributed by atoms with Crippen LogP contribution in [0.25, 0.3) is 0 Å². The van der Waals surface area contributed by atoms with Gasteiger partial charge in [0.1, 0.15) is 11.6 Å². The normalized spacial score (nSPS) is 21.7. The zero-order chi connectivity index (χ0) is 12.3. The van der Waals surface area contributed by atoms with Crippen molar-refractivity contribution in [1.29, 1.82) is 0 Å². The summed E-state index contributed by atoms with van der Waals surface area (Å²) in [6.07, 6.45) is 2.05. The van der Waals surface area contributed by atoms with Crippen molar-refractivity contribution in [1.82, 2.24) is 4.90 Å². The van der Waals surface area contributed by atoms with Crippen molar-refractivity contribution < 1.29 is 13.9 Å². The topological polar surface area (TPSA) is 23.5 Å². The molecule has 0 radical (unpaired) electrons. The van der Waals surface area contributed by atoms with Gasteiger partial charge in [-0.3, -0.25) is 4.90 Å². The minimum atomic E-state index is -0.543. The van der Waals surface area contributed by atoms with E-state index in [0.717, 1.165) is 32.0 Å². The van der Waals surface area contributed by atoms with Crippen LogP contribution in [0.4, 0.5) is 8.78 Å². The van der Waals surface area contributed by atoms with Gasteiger partial charge in [-0.05, 0) is 31.4 Å². The molecule has 1 fully saturated rings. The van der Waals surface area contributed by atoms with E-state index in [4.69, 9.17) is 5.11 Å². The average molecular weight is 241 g/mol. The zero-order valence-electron chi connectivity index (χ0n) is 9.70. The van der Waals surface area contributed by atoms with Crippen LogP contribution in [0.5, 0.6) is 0 Å². The van der Waals surface area contributed by atoms with E-state index in [-0.39, 0.29) is 12.5 Å². The summed E-state index contributed by atoms with van der Waals surface area (Å²) in [5.74, 6) is -0.749. The van der Waals surface area contributed by atoms with Crippen LogP contribution in [0, 0.1) is 17.6 Å². The lowest BCUT2D eigenvalue weighted by molar-refractivity contribution is 0.115. The van der Waals surface area contributed by atoms with E-state index in [1.807, 2.05) is 0 Å². The highest BCUT2D eigenvalue weighted by molar-refractivity contribution is 5.18. The molecule has 1 atom stereocenters. The monoisotopic (exact) mass is 241 g/mol. The van der Waals surface area contributed by atoms with Crippen LogP contribution in [0.3, 0.4) is 0 Å². The second-order valence-electron chi connectivity index (χ2n) is 4.66. The van der Waals surface area contributed by atoms with E-state index < -0.39 is 11.6 Å². The fourth-order valence-electron chi connectivity index (χ4n) is 2.33. The summed E-state index contributed by atoms with van der Waals surface area (Å²) in [6.45, 7) is 2.37. The fraction of sp³-hybridized carbons (Fsp3) is 0.538. The van der Waals surface area contributed by atoms with Crippen molar-refractivity contribution >= 4 is 0 Å². The lowest BCUT2D eigenvalue weighted by atomic mass is 9.98. The van der Waals surface area contributed by atoms with Gasteiger partial charge in [0.15, 0.2) is 0 Å². The highest BCUT2D eigenvalue weighted by atomic mass is 19.1. The summed E-state index contributed by atoms with van der Waals surface area (Å²) in [5.41, 5.74) is 0.519. The summed E-state index contributed by atoms with van der Waals surface area (Å²) in [6, 6.07) is 3.70. The maximum absolute atomic E-state index is 13.5. The number of benzene rings is 1. The Labute approximate surface area is 99.9 Å². The Bertz CT molecular complexity index is 384. The van der Waals surface area contributed by atoms with Gasteiger partial charge in [0, 0.05) is 31.3 Å². The Kier molecular flexibility index (Phi) is 4.07. The molecule has 1 saturated heterocycles. The van der Waals surface area contributed by atoms with Gasteiger partial charge in [0.05, 0.1) is 0 Å². The second kappa shape index (κ2) is 5.56. The molecule has 1 aliphatic rings. The van der Waals surface area contributed by atoms with Crippen molar-refractivity contribution in [3.8, 4) is 0 Å². The van der Waals surface area contributed by atoms with E-state index in [1.165, 1.54) is 12.1 Å². The van der Waals surface area contributed by atoms with Crippen LogP contribution < -0.4 is 0 Å². The molecule has 4 heteroatoms. The van der Waals surface area contributed by atoms with E-state index >= 15 is 0 Å². The molecule has 0 amide bonds. The van der Waals surface area contributed by atoms with Crippen molar-refractivity contribution in [2.75, 3.05) is 19.7 Å². The number of nitrogens with zero attached hydrogens (tertiary/aromatic N) is 1. The Balaban J connectivity index is 2.00. The summed E-state index contributed by atoms with van der Waals surface area (Å²) in [4.78, 5) is 2.11. The smallest absolute Gasteiger partial charge is 0.130 e. The Hall–Kier alpha value is -1.00. The number of halogens is 2. The Morgan fingerprint density at radius 2 is 2.18 bits per heavy atom. The molecular formula is C13H17F2NO. The lowest BCUT2D eigenvalue weighted by Crippen LogP contribution is -2.36. The molecule has 2 nitrogen and oxygen atoms in total. The van der Waals surface area contributed by atoms with Crippen LogP contribution in [0.15, 0.2) is 18.2 Å². The van der Waals surface area contributed by atoms with E-state index in [1.54, 1.807) is 0 Å². The first-order valence-corrected chi connectivity index (χ1v) is 5.96. The van der Waals surface area contributed by atoms with Crippen molar-refractivity contribution in [3.63, 3.8) is 0 Å². The molecule has 1 N–H and O–H groups in total. The Morgan fingerprint density at radius 1 is 1.35 bits per heavy atom. The largest absolute Gasteiger partial charge is 0.396 e. The third-order valence-electron chi connectivity index (χ3n) is 3.27. The van der Waals surface area contributed by atoms with Crippen LogP contribution in [-0.4, -0.2) is 29.7 Å². The summed E-state index contributed by atoms with van der Waals surface area (Å²) in [5, 5.41) is 9.12. The molecule has 1 aromatic rings. The summed E-state index contributed by atoms with van der Waals surface area (Å²) < 4.78 is 26.2. The van der Waals surface area contributed by atoms with Gasteiger partial charge in [-0.2, -0.15) is 0 Å². The Morgan fingerprint density at radius 3 is 2.88 bits per heavy atom. The minimum Gasteiger partial charge on any atom is -0.396 e. The number of likely N-dealkylation sites (tertiary alicyclic amines) is 1. The molecule has 0 aromatic heterocycles. The highest BCUT2D eigenvalue weighted by Gasteiger charge is 2.20. The maximum atomic E-state index is 13.5. The van der Waals surface area contributed by atoms with Gasteiger partial charge in [0.25, 0.3) is 0 Å². The van der Waals surface area contributed by atoms with Crippen LogP contribution in [-0.2, 0) is 6.54 Å². The minimum absolute atomic E-state index is 0.183. The van der Waals surface area contributed by atoms with Gasteiger partial charge >= 0.3 is 0 Å². The lowest BCUT2D eigenvalue weighted by Gasteiger charge is -2.31. The molecule has 0 saturated carbocycles. The quantitative estimate of drug-likeness (QED) is 0.876. The van der Waals surface area contributed by atoms with E-state index in [2.05, 4.69) is 4.90 Å². The third-order valence-corrected chi connectivity index (χ3v) is 3.27. The molecule has 1 aromatic carbocycles. The van der Waals surface area contributed by atoms with E-state index in [9.17, 15) is 8.78 Å². The highest BCUT2D eigenvalue weighted by Crippen LogP contribution is 2.19. The van der Waals surface area contributed by atoms with Crippen LogP contribution >= 0.6 is 0 Å². The third kappa shape index (κ3) is 3.23. The first kappa shape index (κ1) is 12.5. The standard InChI is InChI=1S/C13H17F2NO/c14-12-4-3-11(13(15)6-12)8-16-5-1-2-10(7-16)9-17/h3-4,6,10,17H,1-2,5,7-9H2/t10-/m0/s1. The number of hydrogen-bond acceptors (Lipinski definition) is 2. The van der Waals surface area contributed by atoms with Gasteiger partial charge in [-0.25, -0.2) is 8.78 Å². The van der Waals surface area contributed by atoms with Crippen molar-refractivity contribution in [3.05, 3.63) is 35.4 Å². The molecule has 0 unspecified atom stereocenters. The second-order valence-corrected chi connectivity index (χ2v) is 4.66. The van der Waals surface area contributed by atoms with Crippen LogP contribution in [0.1, 0.15) is 18.4 Å². The SMILES string of the molecule is OC[C@H]1CCCN(Cc2ccc(F)cc2F)C1. The fourth-order valence-corrected chi connectivity index (χ4v) is 2.33. The number of rotatable bonds is 3. The van der Waals surface area contributed by atoms with Gasteiger partial charge in [0.2, 0.25) is 0 Å². The molecule has 0 bridgehead atoms. The summed E-state index contributed by atoms with van der Waals surface area (Å²) >= 11 is 0. The molecule has 94 valence electrons. The molecule has 2 rings (SSSR count). The first-order chi connectivity index (χ1) is 8.19. The number of aliphatic hydroxyl groups is 1. The molecule has 17 heavy (non-hydrogen) atoms. The number of piperidine rings is 1. The molecule has 1 heterocycles.